The SMILES string of the molecule is CC(=O)CCN.c1ccncc1. The Morgan fingerprint density at radius 3 is 2.00 bits per heavy atom. The summed E-state index contributed by atoms with van der Waals surface area (Å²) in [4.78, 5) is 13.7. The van der Waals surface area contributed by atoms with Gasteiger partial charge in [0.2, 0.25) is 0 Å². The van der Waals surface area contributed by atoms with Crippen LogP contribution in [-0.4, -0.2) is 17.3 Å². The highest BCUT2D eigenvalue weighted by Crippen LogP contribution is 1.73. The third kappa shape index (κ3) is 8.78. The summed E-state index contributed by atoms with van der Waals surface area (Å²) in [5.74, 6) is 0.164. The van der Waals surface area contributed by atoms with E-state index in [-0.39, 0.29) is 5.78 Å². The molecule has 3 heteroatoms. The summed E-state index contributed by atoms with van der Waals surface area (Å²) in [6.07, 6.45) is 4.01. The summed E-state index contributed by atoms with van der Waals surface area (Å²) < 4.78 is 0. The zero-order chi connectivity index (χ0) is 9.23. The number of hydrogen-bond acceptors (Lipinski definition) is 3. The number of nitrogens with two attached hydrogens (primary N) is 1. The summed E-state index contributed by atoms with van der Waals surface area (Å²) in [5, 5.41) is 0. The second-order valence-corrected chi connectivity index (χ2v) is 2.27. The molecule has 0 bridgehead atoms. The Hall–Kier alpha value is -1.22. The summed E-state index contributed by atoms with van der Waals surface area (Å²) in [6.45, 7) is 2.02. The van der Waals surface area contributed by atoms with E-state index in [2.05, 4.69) is 4.98 Å². The van der Waals surface area contributed by atoms with Gasteiger partial charge in [0.05, 0.1) is 0 Å². The van der Waals surface area contributed by atoms with E-state index < -0.39 is 0 Å². The van der Waals surface area contributed by atoms with Gasteiger partial charge in [-0.2, -0.15) is 0 Å². The van der Waals surface area contributed by atoms with E-state index in [4.69, 9.17) is 5.73 Å². The van der Waals surface area contributed by atoms with Crippen LogP contribution in [0.3, 0.4) is 0 Å². The molecule has 1 aromatic heterocycles. The van der Waals surface area contributed by atoms with E-state index in [9.17, 15) is 4.79 Å². The maximum atomic E-state index is 9.96. The van der Waals surface area contributed by atoms with Gasteiger partial charge in [0.25, 0.3) is 0 Å². The predicted molar refractivity (Wildman–Crippen MR) is 48.6 cm³/mol. The summed E-state index contributed by atoms with van der Waals surface area (Å²) >= 11 is 0. The molecular weight excluding hydrogens is 152 g/mol. The maximum absolute atomic E-state index is 9.96. The van der Waals surface area contributed by atoms with Crippen molar-refractivity contribution < 1.29 is 4.79 Å². The van der Waals surface area contributed by atoms with Gasteiger partial charge in [0.1, 0.15) is 5.78 Å². The van der Waals surface area contributed by atoms with E-state index >= 15 is 0 Å². The second kappa shape index (κ2) is 7.88. The van der Waals surface area contributed by atoms with Crippen molar-refractivity contribution in [3.8, 4) is 0 Å². The van der Waals surface area contributed by atoms with Crippen molar-refractivity contribution in [2.45, 2.75) is 13.3 Å². The number of rotatable bonds is 2. The lowest BCUT2D eigenvalue weighted by molar-refractivity contribution is -0.116. The summed E-state index contributed by atoms with van der Waals surface area (Å²) in [5.41, 5.74) is 5.01. The van der Waals surface area contributed by atoms with Crippen LogP contribution in [0.15, 0.2) is 30.6 Å². The van der Waals surface area contributed by atoms with Gasteiger partial charge in [-0.25, -0.2) is 0 Å². The molecular formula is C9H14N2O. The molecule has 1 rings (SSSR count). The molecule has 0 radical (unpaired) electrons. The minimum atomic E-state index is 0.164. The molecule has 0 aliphatic heterocycles. The molecule has 0 aliphatic rings. The standard InChI is InChI=1S/C5H5N.C4H9NO/c1-2-4-6-5-3-1;1-4(6)2-3-5/h1-5H;2-3,5H2,1H3. The van der Waals surface area contributed by atoms with E-state index in [1.165, 1.54) is 6.92 Å². The normalized spacial score (nSPS) is 8.17. The fourth-order valence-corrected chi connectivity index (χ4v) is 0.516. The molecule has 66 valence electrons. The van der Waals surface area contributed by atoms with E-state index in [0.29, 0.717) is 13.0 Å². The first-order valence-corrected chi connectivity index (χ1v) is 3.82. The van der Waals surface area contributed by atoms with Crippen LogP contribution < -0.4 is 5.73 Å². The number of aromatic nitrogens is 1. The predicted octanol–water partition coefficient (Wildman–Crippen LogP) is 1.01. The number of nitrogens with zero attached hydrogens (tertiary/aromatic N) is 1. The smallest absolute Gasteiger partial charge is 0.131 e. The van der Waals surface area contributed by atoms with Crippen molar-refractivity contribution >= 4 is 5.78 Å². The molecule has 0 amide bonds. The molecule has 0 atom stereocenters. The van der Waals surface area contributed by atoms with Crippen molar-refractivity contribution in [1.29, 1.82) is 0 Å². The van der Waals surface area contributed by atoms with Crippen LogP contribution >= 0.6 is 0 Å². The Bertz CT molecular complexity index is 172. The fraction of sp³-hybridized carbons (Fsp3) is 0.333. The molecule has 0 saturated carbocycles. The fourth-order valence-electron chi connectivity index (χ4n) is 0.516. The molecule has 0 fully saturated rings. The number of hydrogen-bond donors (Lipinski definition) is 1. The molecule has 12 heavy (non-hydrogen) atoms. The third-order valence-corrected chi connectivity index (χ3v) is 1.06. The molecule has 1 aromatic rings. The lowest BCUT2D eigenvalue weighted by atomic mass is 10.3. The van der Waals surface area contributed by atoms with Crippen molar-refractivity contribution in [3.63, 3.8) is 0 Å². The lowest BCUT2D eigenvalue weighted by Crippen LogP contribution is -2.03. The zero-order valence-electron chi connectivity index (χ0n) is 7.23. The first-order valence-electron chi connectivity index (χ1n) is 3.82. The third-order valence-electron chi connectivity index (χ3n) is 1.06. The summed E-state index contributed by atoms with van der Waals surface area (Å²) in [6, 6.07) is 5.72. The van der Waals surface area contributed by atoms with Crippen LogP contribution in [0.5, 0.6) is 0 Å². The first kappa shape index (κ1) is 10.8. The first-order chi connectivity index (χ1) is 5.77. The van der Waals surface area contributed by atoms with Crippen LogP contribution in [-0.2, 0) is 4.79 Å². The Labute approximate surface area is 72.6 Å². The van der Waals surface area contributed by atoms with Crippen LogP contribution in [0, 0.1) is 0 Å². The summed E-state index contributed by atoms with van der Waals surface area (Å²) in [7, 11) is 0. The van der Waals surface area contributed by atoms with Gasteiger partial charge in [-0.05, 0) is 25.6 Å². The van der Waals surface area contributed by atoms with Crippen molar-refractivity contribution in [2.75, 3.05) is 6.54 Å². The van der Waals surface area contributed by atoms with Gasteiger partial charge < -0.3 is 5.73 Å². The van der Waals surface area contributed by atoms with Gasteiger partial charge in [0, 0.05) is 18.8 Å². The largest absolute Gasteiger partial charge is 0.330 e. The van der Waals surface area contributed by atoms with E-state index in [0.717, 1.165) is 0 Å². The van der Waals surface area contributed by atoms with Gasteiger partial charge in [-0.1, -0.05) is 6.07 Å². The van der Waals surface area contributed by atoms with Gasteiger partial charge in [0.15, 0.2) is 0 Å². The Balaban J connectivity index is 0.000000202. The van der Waals surface area contributed by atoms with Crippen LogP contribution in [0.1, 0.15) is 13.3 Å². The van der Waals surface area contributed by atoms with Crippen LogP contribution in [0.4, 0.5) is 0 Å². The maximum Gasteiger partial charge on any atom is 0.131 e. The Kier molecular flexibility index (Phi) is 7.08. The monoisotopic (exact) mass is 166 g/mol. The van der Waals surface area contributed by atoms with Gasteiger partial charge in [-0.15, -0.1) is 0 Å². The Morgan fingerprint density at radius 2 is 1.92 bits per heavy atom. The highest BCUT2D eigenvalue weighted by Gasteiger charge is 1.83. The molecule has 2 N–H and O–H groups in total. The second-order valence-electron chi connectivity index (χ2n) is 2.27. The number of carbonyl (C=O) groups is 1. The topological polar surface area (TPSA) is 56.0 Å². The number of Topliss-reactive ketones (excluding diaryl/α,β-unsaturated/α-hetero) is 1. The molecule has 1 heterocycles. The average molecular weight is 166 g/mol. The molecule has 0 spiro atoms. The van der Waals surface area contributed by atoms with Crippen molar-refractivity contribution in [3.05, 3.63) is 30.6 Å². The molecule has 0 aromatic carbocycles. The molecule has 0 saturated heterocycles. The van der Waals surface area contributed by atoms with Gasteiger partial charge >= 0.3 is 0 Å². The number of pyridine rings is 1. The zero-order valence-corrected chi connectivity index (χ0v) is 7.23. The minimum absolute atomic E-state index is 0.164. The molecule has 0 unspecified atom stereocenters. The lowest BCUT2D eigenvalue weighted by Gasteiger charge is -1.81. The number of ketones is 1. The Morgan fingerprint density at radius 1 is 1.33 bits per heavy atom. The van der Waals surface area contributed by atoms with Crippen LogP contribution in [0.2, 0.25) is 0 Å². The molecule has 0 aliphatic carbocycles. The van der Waals surface area contributed by atoms with E-state index in [1.807, 2.05) is 18.2 Å². The van der Waals surface area contributed by atoms with Crippen LogP contribution in [0.25, 0.3) is 0 Å². The minimum Gasteiger partial charge on any atom is -0.330 e. The van der Waals surface area contributed by atoms with Gasteiger partial charge in [-0.3, -0.25) is 9.78 Å². The van der Waals surface area contributed by atoms with E-state index in [1.54, 1.807) is 12.4 Å². The number of carbonyl (C=O) groups excluding carboxylic acids is 1. The molecule has 3 nitrogen and oxygen atoms in total. The highest BCUT2D eigenvalue weighted by atomic mass is 16.1. The highest BCUT2D eigenvalue weighted by molar-refractivity contribution is 5.75. The van der Waals surface area contributed by atoms with Crippen molar-refractivity contribution in [2.24, 2.45) is 5.73 Å². The quantitative estimate of drug-likeness (QED) is 0.713. The average Bonchev–Trinajstić information content (AvgIpc) is 2.08. The van der Waals surface area contributed by atoms with Crippen molar-refractivity contribution in [1.82, 2.24) is 4.98 Å².